The van der Waals surface area contributed by atoms with Crippen molar-refractivity contribution in [2.24, 2.45) is 0 Å². The zero-order valence-electron chi connectivity index (χ0n) is 14.4. The lowest BCUT2D eigenvalue weighted by molar-refractivity contribution is 0.473. The van der Waals surface area contributed by atoms with Gasteiger partial charge in [-0.25, -0.2) is 4.68 Å². The maximum atomic E-state index is 12.5. The monoisotopic (exact) mass is 357 g/mol. The van der Waals surface area contributed by atoms with E-state index in [1.165, 1.54) is 30.7 Å². The molecule has 0 radical (unpaired) electrons. The van der Waals surface area contributed by atoms with Gasteiger partial charge in [-0.3, -0.25) is 4.79 Å². The highest BCUT2D eigenvalue weighted by atomic mass is 32.1. The molecule has 1 atom stereocenters. The lowest BCUT2D eigenvalue weighted by atomic mass is 9.97. The van der Waals surface area contributed by atoms with Crippen LogP contribution in [-0.2, 0) is 19.4 Å². The Morgan fingerprint density at radius 1 is 1.12 bits per heavy atom. The number of nitrogens with zero attached hydrogens (tertiary/aromatic N) is 5. The molecule has 25 heavy (non-hydrogen) atoms. The van der Waals surface area contributed by atoms with Gasteiger partial charge >= 0.3 is 0 Å². The van der Waals surface area contributed by atoms with Crippen LogP contribution in [0.2, 0.25) is 0 Å². The second kappa shape index (κ2) is 6.20. The summed E-state index contributed by atoms with van der Waals surface area (Å²) in [6.45, 7) is 1.66. The average molecular weight is 357 g/mol. The number of aromatic nitrogens is 4. The Labute approximate surface area is 150 Å². The van der Waals surface area contributed by atoms with Crippen LogP contribution in [0.15, 0.2) is 10.9 Å². The van der Waals surface area contributed by atoms with Crippen LogP contribution in [0.4, 0.5) is 5.13 Å². The van der Waals surface area contributed by atoms with Crippen molar-refractivity contribution in [3.05, 3.63) is 32.7 Å². The van der Waals surface area contributed by atoms with Crippen LogP contribution in [0.1, 0.15) is 60.7 Å². The Morgan fingerprint density at radius 3 is 2.88 bits per heavy atom. The summed E-state index contributed by atoms with van der Waals surface area (Å²) in [5.41, 5.74) is 2.33. The molecule has 1 saturated heterocycles. The average Bonchev–Trinajstić information content (AvgIpc) is 3.17. The Bertz CT molecular complexity index is 840. The largest absolute Gasteiger partial charge is 0.342 e. The first-order valence-electron chi connectivity index (χ1n) is 9.48. The van der Waals surface area contributed by atoms with Crippen LogP contribution in [0, 0.1) is 0 Å². The Balaban J connectivity index is 1.38. The van der Waals surface area contributed by atoms with Crippen molar-refractivity contribution in [2.45, 2.75) is 69.9 Å². The first-order chi connectivity index (χ1) is 12.3. The molecule has 3 aliphatic rings. The fourth-order valence-corrected chi connectivity index (χ4v) is 5.16. The summed E-state index contributed by atoms with van der Waals surface area (Å²) in [7, 11) is 0. The molecule has 0 amide bonds. The first-order valence-corrected chi connectivity index (χ1v) is 10.3. The highest BCUT2D eigenvalue weighted by Crippen LogP contribution is 2.43. The summed E-state index contributed by atoms with van der Waals surface area (Å²) in [6, 6.07) is 2.11. The van der Waals surface area contributed by atoms with Crippen LogP contribution in [-0.4, -0.2) is 32.6 Å². The molecule has 2 fully saturated rings. The van der Waals surface area contributed by atoms with Crippen molar-refractivity contribution in [3.8, 4) is 0 Å². The van der Waals surface area contributed by atoms with Gasteiger partial charge in [-0.2, -0.15) is 5.10 Å². The van der Waals surface area contributed by atoms with Crippen LogP contribution in [0.25, 0.3) is 0 Å². The third kappa shape index (κ3) is 2.99. The van der Waals surface area contributed by atoms with E-state index in [4.69, 9.17) is 5.10 Å². The molecule has 2 aliphatic carbocycles. The van der Waals surface area contributed by atoms with Gasteiger partial charge in [0, 0.05) is 18.5 Å². The van der Waals surface area contributed by atoms with E-state index >= 15 is 0 Å². The minimum atomic E-state index is 0.0448. The van der Waals surface area contributed by atoms with E-state index in [0.717, 1.165) is 48.6 Å². The van der Waals surface area contributed by atoms with E-state index in [2.05, 4.69) is 15.1 Å². The summed E-state index contributed by atoms with van der Waals surface area (Å²) >= 11 is 1.74. The third-order valence-corrected chi connectivity index (χ3v) is 6.76. The maximum Gasteiger partial charge on any atom is 0.267 e. The van der Waals surface area contributed by atoms with Crippen molar-refractivity contribution in [1.29, 1.82) is 0 Å². The van der Waals surface area contributed by atoms with Crippen LogP contribution in [0.5, 0.6) is 0 Å². The molecule has 5 rings (SSSR count). The van der Waals surface area contributed by atoms with Crippen LogP contribution < -0.4 is 10.5 Å². The number of fused-ring (bicyclic) bond motifs is 1. The van der Waals surface area contributed by atoms with E-state index in [9.17, 15) is 4.79 Å². The molecule has 6 nitrogen and oxygen atoms in total. The van der Waals surface area contributed by atoms with Gasteiger partial charge in [0.2, 0.25) is 5.13 Å². The van der Waals surface area contributed by atoms with Crippen molar-refractivity contribution >= 4 is 16.5 Å². The molecule has 2 aromatic heterocycles. The van der Waals surface area contributed by atoms with Gasteiger partial charge in [0.15, 0.2) is 0 Å². The van der Waals surface area contributed by atoms with Crippen molar-refractivity contribution < 1.29 is 0 Å². The predicted octanol–water partition coefficient (Wildman–Crippen LogP) is 2.52. The zero-order valence-corrected chi connectivity index (χ0v) is 15.2. The smallest absolute Gasteiger partial charge is 0.267 e. The van der Waals surface area contributed by atoms with E-state index in [0.29, 0.717) is 18.5 Å². The Hall–Kier alpha value is -1.76. The summed E-state index contributed by atoms with van der Waals surface area (Å²) in [5, 5.41) is 15.7. The van der Waals surface area contributed by atoms with Gasteiger partial charge in [0.05, 0.1) is 18.3 Å². The minimum absolute atomic E-state index is 0.0448. The topological polar surface area (TPSA) is 63.9 Å². The van der Waals surface area contributed by atoms with Gasteiger partial charge < -0.3 is 4.90 Å². The van der Waals surface area contributed by atoms with E-state index < -0.39 is 0 Å². The van der Waals surface area contributed by atoms with Crippen LogP contribution >= 0.6 is 11.3 Å². The summed E-state index contributed by atoms with van der Waals surface area (Å²) in [5.74, 6) is 0.650. The Kier molecular flexibility index (Phi) is 3.84. The van der Waals surface area contributed by atoms with Gasteiger partial charge in [-0.15, -0.1) is 10.2 Å². The molecule has 1 unspecified atom stereocenters. The second-order valence-corrected chi connectivity index (χ2v) is 8.52. The number of rotatable bonds is 4. The zero-order chi connectivity index (χ0) is 16.8. The van der Waals surface area contributed by atoms with Crippen molar-refractivity contribution in [3.63, 3.8) is 0 Å². The molecule has 1 aliphatic heterocycles. The van der Waals surface area contributed by atoms with Crippen molar-refractivity contribution in [2.75, 3.05) is 11.4 Å². The molecule has 0 bridgehead atoms. The first kappa shape index (κ1) is 15.5. The maximum absolute atomic E-state index is 12.5. The molecule has 0 N–H and O–H groups in total. The van der Waals surface area contributed by atoms with E-state index in [1.54, 1.807) is 16.0 Å². The fraction of sp³-hybridized carbons (Fsp3) is 0.667. The third-order valence-electron chi connectivity index (χ3n) is 5.64. The highest BCUT2D eigenvalue weighted by molar-refractivity contribution is 7.15. The standard InChI is InChI=1S/C18H23N5OS/c24-16-10-13-4-1-2-6-15(13)21-23(16)11-14-5-3-9-22(14)18-20-19-17(25-18)12-7-8-12/h10,12,14H,1-9,11H2. The molecule has 7 heteroatoms. The SMILES string of the molecule is O=c1cc2c(nn1CC1CCCN1c1nnc(C3CC3)s1)CCCC2. The number of aryl methyl sites for hydroxylation is 2. The summed E-state index contributed by atoms with van der Waals surface area (Å²) in [4.78, 5) is 14.8. The van der Waals surface area contributed by atoms with Gasteiger partial charge in [0.1, 0.15) is 5.01 Å². The molecule has 0 spiro atoms. The predicted molar refractivity (Wildman–Crippen MR) is 97.4 cm³/mol. The van der Waals surface area contributed by atoms with Gasteiger partial charge in [-0.05, 0) is 56.9 Å². The van der Waals surface area contributed by atoms with E-state index in [1.807, 2.05) is 6.07 Å². The quantitative estimate of drug-likeness (QED) is 0.841. The van der Waals surface area contributed by atoms with Crippen LogP contribution in [0.3, 0.4) is 0 Å². The molecular formula is C18H23N5OS. The normalized spacial score (nSPS) is 23.0. The van der Waals surface area contributed by atoms with Gasteiger partial charge in [0.25, 0.3) is 5.56 Å². The van der Waals surface area contributed by atoms with Crippen molar-refractivity contribution in [1.82, 2.24) is 20.0 Å². The molecule has 132 valence electrons. The molecule has 1 saturated carbocycles. The Morgan fingerprint density at radius 2 is 2.00 bits per heavy atom. The molecule has 2 aromatic rings. The minimum Gasteiger partial charge on any atom is -0.342 e. The number of hydrogen-bond donors (Lipinski definition) is 0. The molecule has 3 heterocycles. The molecular weight excluding hydrogens is 334 g/mol. The number of hydrogen-bond acceptors (Lipinski definition) is 6. The second-order valence-electron chi connectivity index (χ2n) is 7.53. The lowest BCUT2D eigenvalue weighted by Gasteiger charge is -2.24. The summed E-state index contributed by atoms with van der Waals surface area (Å²) in [6.07, 6.45) is 9.11. The lowest BCUT2D eigenvalue weighted by Crippen LogP contribution is -2.37. The number of anilines is 1. The van der Waals surface area contributed by atoms with E-state index in [-0.39, 0.29) is 5.56 Å². The fourth-order valence-electron chi connectivity index (χ4n) is 4.05. The van der Waals surface area contributed by atoms with Gasteiger partial charge in [-0.1, -0.05) is 11.3 Å². The highest BCUT2D eigenvalue weighted by Gasteiger charge is 2.32. The summed E-state index contributed by atoms with van der Waals surface area (Å²) < 4.78 is 1.69. The molecule has 0 aromatic carbocycles.